The third-order valence-electron chi connectivity index (χ3n) is 2.39. The molecule has 0 saturated carbocycles. The van der Waals surface area contributed by atoms with Crippen LogP contribution in [0.5, 0.6) is 5.75 Å². The Kier molecular flexibility index (Phi) is 7.51. The number of hydrogen-bond donors (Lipinski definition) is 2. The first-order valence-electron chi connectivity index (χ1n) is 5.91. The molecule has 102 valence electrons. The molecule has 1 aromatic carbocycles. The first-order chi connectivity index (χ1) is 8.63. The molecule has 0 saturated heterocycles. The van der Waals surface area contributed by atoms with Gasteiger partial charge in [0.05, 0.1) is 5.02 Å². The van der Waals surface area contributed by atoms with Gasteiger partial charge < -0.3 is 15.2 Å². The lowest BCUT2D eigenvalue weighted by Crippen LogP contribution is -2.37. The van der Waals surface area contributed by atoms with Crippen LogP contribution in [-0.4, -0.2) is 42.4 Å². The minimum Gasteiger partial charge on any atom is -0.489 e. The Balaban J connectivity index is 2.25. The van der Waals surface area contributed by atoms with Crippen molar-refractivity contribution in [3.63, 3.8) is 0 Å². The molecular formula is C13H20ClNO2S. The van der Waals surface area contributed by atoms with Crippen LogP contribution in [0.3, 0.4) is 0 Å². The molecule has 0 bridgehead atoms. The fraction of sp³-hybridized carbons (Fsp3) is 0.538. The van der Waals surface area contributed by atoms with Gasteiger partial charge in [-0.05, 0) is 25.3 Å². The quantitative estimate of drug-likeness (QED) is 0.771. The van der Waals surface area contributed by atoms with Crippen LogP contribution in [0.1, 0.15) is 6.92 Å². The van der Waals surface area contributed by atoms with Crippen LogP contribution < -0.4 is 10.1 Å². The van der Waals surface area contributed by atoms with Crippen molar-refractivity contribution in [2.45, 2.75) is 19.1 Å². The predicted octanol–water partition coefficient (Wildman–Crippen LogP) is 2.42. The molecular weight excluding hydrogens is 270 g/mol. The summed E-state index contributed by atoms with van der Waals surface area (Å²) in [4.78, 5) is 0. The van der Waals surface area contributed by atoms with E-state index in [1.807, 2.05) is 12.1 Å². The SMILES string of the molecule is CSCC(C)NCC(O)COc1ccccc1Cl. The number of thioether (sulfide) groups is 1. The summed E-state index contributed by atoms with van der Waals surface area (Å²) in [6.07, 6.45) is 1.53. The Hall–Kier alpha value is -0.420. The second-order valence-corrected chi connectivity index (χ2v) is 5.48. The number of rotatable bonds is 8. The van der Waals surface area contributed by atoms with Crippen molar-refractivity contribution in [3.05, 3.63) is 29.3 Å². The average Bonchev–Trinajstić information content (AvgIpc) is 2.36. The highest BCUT2D eigenvalue weighted by Gasteiger charge is 2.08. The number of benzene rings is 1. The van der Waals surface area contributed by atoms with Crippen LogP contribution in [-0.2, 0) is 0 Å². The van der Waals surface area contributed by atoms with Crippen LogP contribution in [0.15, 0.2) is 24.3 Å². The number of halogens is 1. The summed E-state index contributed by atoms with van der Waals surface area (Å²) in [5.74, 6) is 1.63. The predicted molar refractivity (Wildman–Crippen MR) is 78.8 cm³/mol. The molecule has 0 aliphatic carbocycles. The largest absolute Gasteiger partial charge is 0.489 e. The van der Waals surface area contributed by atoms with E-state index in [-0.39, 0.29) is 6.61 Å². The van der Waals surface area contributed by atoms with E-state index in [9.17, 15) is 5.11 Å². The summed E-state index contributed by atoms with van der Waals surface area (Å²) in [6.45, 7) is 2.85. The topological polar surface area (TPSA) is 41.5 Å². The molecule has 0 fully saturated rings. The van der Waals surface area contributed by atoms with E-state index in [2.05, 4.69) is 18.5 Å². The number of hydrogen-bond acceptors (Lipinski definition) is 4. The highest BCUT2D eigenvalue weighted by molar-refractivity contribution is 7.98. The van der Waals surface area contributed by atoms with E-state index in [0.717, 1.165) is 5.75 Å². The maximum Gasteiger partial charge on any atom is 0.138 e. The van der Waals surface area contributed by atoms with Gasteiger partial charge in [0, 0.05) is 18.3 Å². The van der Waals surface area contributed by atoms with E-state index in [4.69, 9.17) is 16.3 Å². The van der Waals surface area contributed by atoms with Crippen molar-refractivity contribution >= 4 is 23.4 Å². The highest BCUT2D eigenvalue weighted by Crippen LogP contribution is 2.22. The molecule has 0 heterocycles. The minimum absolute atomic E-state index is 0.239. The lowest BCUT2D eigenvalue weighted by atomic mass is 10.3. The van der Waals surface area contributed by atoms with Crippen molar-refractivity contribution in [3.8, 4) is 5.75 Å². The fourth-order valence-electron chi connectivity index (χ4n) is 1.45. The molecule has 1 rings (SSSR count). The van der Waals surface area contributed by atoms with Crippen LogP contribution in [0, 0.1) is 0 Å². The summed E-state index contributed by atoms with van der Waals surface area (Å²) in [5, 5.41) is 13.6. The molecule has 0 aromatic heterocycles. The summed E-state index contributed by atoms with van der Waals surface area (Å²) in [6, 6.07) is 7.64. The zero-order valence-electron chi connectivity index (χ0n) is 10.7. The third-order valence-corrected chi connectivity index (χ3v) is 3.53. The van der Waals surface area contributed by atoms with Crippen LogP contribution >= 0.6 is 23.4 Å². The second-order valence-electron chi connectivity index (χ2n) is 4.16. The first-order valence-corrected chi connectivity index (χ1v) is 7.68. The van der Waals surface area contributed by atoms with Gasteiger partial charge in [-0.1, -0.05) is 23.7 Å². The van der Waals surface area contributed by atoms with Gasteiger partial charge in [0.25, 0.3) is 0 Å². The zero-order valence-corrected chi connectivity index (χ0v) is 12.3. The summed E-state index contributed by atoms with van der Waals surface area (Å²) in [7, 11) is 0. The van der Waals surface area contributed by atoms with Gasteiger partial charge in [-0.2, -0.15) is 11.8 Å². The number of nitrogens with one attached hydrogen (secondary N) is 1. The molecule has 0 radical (unpaired) electrons. The smallest absolute Gasteiger partial charge is 0.138 e. The summed E-state index contributed by atoms with van der Waals surface area (Å²) >= 11 is 7.73. The molecule has 18 heavy (non-hydrogen) atoms. The number of aliphatic hydroxyl groups is 1. The standard InChI is InChI=1S/C13H20ClNO2S/c1-10(9-18-2)15-7-11(16)8-17-13-6-4-3-5-12(13)14/h3-6,10-11,15-16H,7-9H2,1-2H3. The zero-order chi connectivity index (χ0) is 13.4. The van der Waals surface area contributed by atoms with Gasteiger partial charge in [0.1, 0.15) is 18.5 Å². The molecule has 0 amide bonds. The monoisotopic (exact) mass is 289 g/mol. The van der Waals surface area contributed by atoms with Crippen LogP contribution in [0.4, 0.5) is 0 Å². The molecule has 2 N–H and O–H groups in total. The highest BCUT2D eigenvalue weighted by atomic mass is 35.5. The number of ether oxygens (including phenoxy) is 1. The molecule has 5 heteroatoms. The molecule has 3 nitrogen and oxygen atoms in total. The van der Waals surface area contributed by atoms with Crippen LogP contribution in [0.2, 0.25) is 5.02 Å². The Labute approximate surface area is 118 Å². The third kappa shape index (κ3) is 5.96. The van der Waals surface area contributed by atoms with E-state index in [1.165, 1.54) is 0 Å². The number of para-hydroxylation sites is 1. The van der Waals surface area contributed by atoms with Gasteiger partial charge in [-0.15, -0.1) is 0 Å². The Morgan fingerprint density at radius 1 is 1.44 bits per heavy atom. The lowest BCUT2D eigenvalue weighted by molar-refractivity contribution is 0.105. The molecule has 2 atom stereocenters. The van der Waals surface area contributed by atoms with Crippen molar-refractivity contribution in [2.75, 3.05) is 25.2 Å². The van der Waals surface area contributed by atoms with E-state index in [1.54, 1.807) is 23.9 Å². The fourth-order valence-corrected chi connectivity index (χ4v) is 2.26. The summed E-state index contributed by atoms with van der Waals surface area (Å²) in [5.41, 5.74) is 0. The van der Waals surface area contributed by atoms with Crippen molar-refractivity contribution in [2.24, 2.45) is 0 Å². The van der Waals surface area contributed by atoms with Gasteiger partial charge in [0.2, 0.25) is 0 Å². The van der Waals surface area contributed by atoms with Crippen molar-refractivity contribution < 1.29 is 9.84 Å². The van der Waals surface area contributed by atoms with Crippen LogP contribution in [0.25, 0.3) is 0 Å². The van der Waals surface area contributed by atoms with Gasteiger partial charge in [0.15, 0.2) is 0 Å². The average molecular weight is 290 g/mol. The maximum absolute atomic E-state index is 9.78. The number of aliphatic hydroxyl groups excluding tert-OH is 1. The Morgan fingerprint density at radius 2 is 2.17 bits per heavy atom. The summed E-state index contributed by atoms with van der Waals surface area (Å²) < 4.78 is 5.46. The molecule has 0 spiro atoms. The van der Waals surface area contributed by atoms with Gasteiger partial charge >= 0.3 is 0 Å². The Morgan fingerprint density at radius 3 is 2.83 bits per heavy atom. The van der Waals surface area contributed by atoms with Gasteiger partial charge in [-0.25, -0.2) is 0 Å². The van der Waals surface area contributed by atoms with E-state index < -0.39 is 6.10 Å². The lowest BCUT2D eigenvalue weighted by Gasteiger charge is -2.17. The maximum atomic E-state index is 9.78. The molecule has 2 unspecified atom stereocenters. The van der Waals surface area contributed by atoms with Crippen molar-refractivity contribution in [1.29, 1.82) is 0 Å². The molecule has 0 aliphatic rings. The molecule has 1 aromatic rings. The van der Waals surface area contributed by atoms with Crippen molar-refractivity contribution in [1.82, 2.24) is 5.32 Å². The van der Waals surface area contributed by atoms with E-state index in [0.29, 0.717) is 23.4 Å². The second kappa shape index (κ2) is 8.64. The normalized spacial score (nSPS) is 14.2. The molecule has 0 aliphatic heterocycles. The van der Waals surface area contributed by atoms with E-state index >= 15 is 0 Å². The Bertz CT molecular complexity index is 352. The van der Waals surface area contributed by atoms with Gasteiger partial charge in [-0.3, -0.25) is 0 Å². The minimum atomic E-state index is -0.537. The first kappa shape index (κ1) is 15.6.